The molecule has 0 aliphatic heterocycles. The highest BCUT2D eigenvalue weighted by molar-refractivity contribution is 7.21. The summed E-state index contributed by atoms with van der Waals surface area (Å²) >= 11 is 7.81. The molecule has 2 amide bonds. The zero-order valence-electron chi connectivity index (χ0n) is 22.9. The molecule has 42 heavy (non-hydrogen) atoms. The second-order valence-corrected chi connectivity index (χ2v) is 11.8. The third-order valence-corrected chi connectivity index (χ3v) is 9.44. The molecule has 4 aromatic rings. The van der Waals surface area contributed by atoms with E-state index in [1.54, 1.807) is 30.2 Å². The van der Waals surface area contributed by atoms with Gasteiger partial charge in [0.25, 0.3) is 5.91 Å². The molecule has 0 bridgehead atoms. The number of hydrogen-bond acceptors (Lipinski definition) is 5. The van der Waals surface area contributed by atoms with Gasteiger partial charge >= 0.3 is 6.09 Å². The highest BCUT2D eigenvalue weighted by atomic mass is 35.5. The highest BCUT2D eigenvalue weighted by Gasteiger charge is 2.33. The summed E-state index contributed by atoms with van der Waals surface area (Å²) in [5, 5.41) is 21.2. The Balaban J connectivity index is 1.51. The molecule has 7 nitrogen and oxygen atoms in total. The minimum atomic E-state index is -1.05. The number of carboxylic acid groups (broad SMARTS) is 1. The van der Waals surface area contributed by atoms with Gasteiger partial charge in [0.2, 0.25) is 0 Å². The second kappa shape index (κ2) is 12.8. The molecule has 0 spiro atoms. The van der Waals surface area contributed by atoms with Crippen molar-refractivity contribution in [2.24, 2.45) is 5.92 Å². The maximum Gasteiger partial charge on any atom is 0.404 e. The number of benzene rings is 3. The maximum absolute atomic E-state index is 14.7. The fourth-order valence-corrected chi connectivity index (χ4v) is 7.14. The first kappa shape index (κ1) is 29.4. The van der Waals surface area contributed by atoms with Crippen molar-refractivity contribution in [3.05, 3.63) is 87.5 Å². The molecule has 0 atom stereocenters. The van der Waals surface area contributed by atoms with E-state index in [9.17, 15) is 19.2 Å². The number of methoxy groups -OCH3 is 1. The Morgan fingerprint density at radius 1 is 1.12 bits per heavy atom. The van der Waals surface area contributed by atoms with Gasteiger partial charge in [-0.15, -0.1) is 11.3 Å². The summed E-state index contributed by atoms with van der Waals surface area (Å²) < 4.78 is 21.0. The van der Waals surface area contributed by atoms with Crippen LogP contribution in [0.25, 0.3) is 21.2 Å². The first-order valence-electron chi connectivity index (χ1n) is 13.6. The van der Waals surface area contributed by atoms with E-state index in [-0.39, 0.29) is 39.7 Å². The second-order valence-electron chi connectivity index (χ2n) is 10.4. The zero-order valence-corrected chi connectivity index (χ0v) is 24.5. The quantitative estimate of drug-likeness (QED) is 0.214. The largest absolute Gasteiger partial charge is 0.496 e. The lowest BCUT2D eigenvalue weighted by Crippen LogP contribution is -2.43. The van der Waals surface area contributed by atoms with Gasteiger partial charge in [0.05, 0.1) is 23.8 Å². The maximum atomic E-state index is 14.7. The van der Waals surface area contributed by atoms with Crippen LogP contribution in [0.2, 0.25) is 5.02 Å². The zero-order chi connectivity index (χ0) is 29.8. The van der Waals surface area contributed by atoms with Crippen LogP contribution in [0.3, 0.4) is 0 Å². The van der Waals surface area contributed by atoms with E-state index >= 15 is 0 Å². The average molecular weight is 606 g/mol. The monoisotopic (exact) mass is 605 g/mol. The number of thiophene rings is 1. The number of halogens is 2. The van der Waals surface area contributed by atoms with Gasteiger partial charge in [0, 0.05) is 34.8 Å². The fraction of sp³-hybridized carbons (Fsp3) is 0.281. The number of fused-ring (bicyclic) bond motifs is 1. The van der Waals surface area contributed by atoms with E-state index in [4.69, 9.17) is 21.4 Å². The molecule has 1 saturated carbocycles. The highest BCUT2D eigenvalue weighted by Crippen LogP contribution is 2.40. The minimum Gasteiger partial charge on any atom is -0.496 e. The molecule has 5 rings (SSSR count). The number of nitriles is 1. The standard InChI is InChI=1S/C32H29ClFN3O4S/c1-41-26-13-10-22(21-5-2-4-20(14-21)16-35)15-23(26)18-37(24-11-8-19(9-12-24)17-36-32(39)40)31(38)30-29(33)28-25(34)6-3-7-27(28)42-30/h2-7,10,13-15,19,24,36H,8-9,11-12,17-18H2,1H3,(H,39,40). The number of hydrogen-bond donors (Lipinski definition) is 2. The Hall–Kier alpha value is -4.13. The van der Waals surface area contributed by atoms with Crippen LogP contribution in [0.5, 0.6) is 5.75 Å². The molecule has 1 aliphatic rings. The summed E-state index contributed by atoms with van der Waals surface area (Å²) in [6.45, 7) is 0.596. The third-order valence-electron chi connectivity index (χ3n) is 7.81. The van der Waals surface area contributed by atoms with E-state index in [1.165, 1.54) is 17.4 Å². The van der Waals surface area contributed by atoms with Crippen molar-refractivity contribution in [2.75, 3.05) is 13.7 Å². The summed E-state index contributed by atoms with van der Waals surface area (Å²) in [5.41, 5.74) is 3.07. The molecule has 0 saturated heterocycles. The van der Waals surface area contributed by atoms with Gasteiger partial charge in [-0.25, -0.2) is 9.18 Å². The van der Waals surface area contributed by atoms with Crippen molar-refractivity contribution < 1.29 is 23.8 Å². The van der Waals surface area contributed by atoms with E-state index in [0.717, 1.165) is 29.5 Å². The Labute approximate surface area is 252 Å². The summed E-state index contributed by atoms with van der Waals surface area (Å²) in [7, 11) is 1.58. The molecular weight excluding hydrogens is 577 g/mol. The van der Waals surface area contributed by atoms with Crippen molar-refractivity contribution in [3.63, 3.8) is 0 Å². The third kappa shape index (κ3) is 6.20. The summed E-state index contributed by atoms with van der Waals surface area (Å²) in [6, 6.07) is 19.7. The SMILES string of the molecule is COc1ccc(-c2cccc(C#N)c2)cc1CN(C(=O)c1sc2cccc(F)c2c1Cl)C1CCC(CNC(=O)O)CC1. The van der Waals surface area contributed by atoms with Gasteiger partial charge < -0.3 is 20.1 Å². The number of rotatable bonds is 8. The van der Waals surface area contributed by atoms with Crippen molar-refractivity contribution >= 4 is 45.0 Å². The lowest BCUT2D eigenvalue weighted by molar-refractivity contribution is 0.0592. The van der Waals surface area contributed by atoms with Gasteiger partial charge in [-0.2, -0.15) is 5.26 Å². The van der Waals surface area contributed by atoms with Crippen LogP contribution in [-0.2, 0) is 6.54 Å². The van der Waals surface area contributed by atoms with E-state index in [0.29, 0.717) is 35.4 Å². The smallest absolute Gasteiger partial charge is 0.404 e. The molecule has 0 radical (unpaired) electrons. The molecule has 1 aliphatic carbocycles. The summed E-state index contributed by atoms with van der Waals surface area (Å²) in [6.07, 6.45) is 1.82. The Morgan fingerprint density at radius 3 is 2.55 bits per heavy atom. The van der Waals surface area contributed by atoms with Crippen molar-refractivity contribution in [2.45, 2.75) is 38.3 Å². The molecule has 10 heteroatoms. The first-order valence-corrected chi connectivity index (χ1v) is 14.8. The van der Waals surface area contributed by atoms with Crippen LogP contribution in [0.15, 0.2) is 60.7 Å². The van der Waals surface area contributed by atoms with E-state index in [1.807, 2.05) is 36.4 Å². The topological polar surface area (TPSA) is 103 Å². The number of amides is 2. The normalized spacial score (nSPS) is 16.5. The minimum absolute atomic E-state index is 0.108. The fourth-order valence-electron chi connectivity index (χ4n) is 5.63. The van der Waals surface area contributed by atoms with Crippen LogP contribution in [-0.4, -0.2) is 41.7 Å². The van der Waals surface area contributed by atoms with Crippen LogP contribution in [0.1, 0.15) is 46.5 Å². The predicted molar refractivity (Wildman–Crippen MR) is 162 cm³/mol. The molecule has 0 unspecified atom stereocenters. The summed E-state index contributed by atoms with van der Waals surface area (Å²) in [5.74, 6) is 0.0359. The number of nitrogens with one attached hydrogen (secondary N) is 1. The van der Waals surface area contributed by atoms with Crippen molar-refractivity contribution in [1.29, 1.82) is 5.26 Å². The van der Waals surface area contributed by atoms with Crippen molar-refractivity contribution in [1.82, 2.24) is 10.2 Å². The van der Waals surface area contributed by atoms with Crippen LogP contribution >= 0.6 is 22.9 Å². The lowest BCUT2D eigenvalue weighted by Gasteiger charge is -2.37. The molecule has 1 fully saturated rings. The van der Waals surface area contributed by atoms with Gasteiger partial charge in [0.1, 0.15) is 16.4 Å². The first-order chi connectivity index (χ1) is 20.3. The Morgan fingerprint density at radius 2 is 1.86 bits per heavy atom. The lowest BCUT2D eigenvalue weighted by atomic mass is 9.85. The Bertz CT molecular complexity index is 1680. The van der Waals surface area contributed by atoms with E-state index in [2.05, 4.69) is 11.4 Å². The molecule has 1 heterocycles. The molecule has 1 aromatic heterocycles. The van der Waals surface area contributed by atoms with Gasteiger partial charge in [-0.05, 0) is 79.1 Å². The number of ether oxygens (including phenoxy) is 1. The van der Waals surface area contributed by atoms with Gasteiger partial charge in [0.15, 0.2) is 0 Å². The average Bonchev–Trinajstić information content (AvgIpc) is 3.36. The van der Waals surface area contributed by atoms with Gasteiger partial charge in [-0.1, -0.05) is 35.9 Å². The molecule has 3 aromatic carbocycles. The van der Waals surface area contributed by atoms with Gasteiger partial charge in [-0.3, -0.25) is 4.79 Å². The van der Waals surface area contributed by atoms with E-state index < -0.39 is 11.9 Å². The summed E-state index contributed by atoms with van der Waals surface area (Å²) in [4.78, 5) is 27.3. The molecular formula is C32H29ClFN3O4S. The number of carbonyl (C=O) groups excluding carboxylic acids is 1. The predicted octanol–water partition coefficient (Wildman–Crippen LogP) is 7.71. The van der Waals surface area contributed by atoms with Crippen LogP contribution in [0.4, 0.5) is 9.18 Å². The Kier molecular flexibility index (Phi) is 8.95. The molecule has 2 N–H and O–H groups in total. The van der Waals surface area contributed by atoms with Crippen LogP contribution in [0, 0.1) is 23.1 Å². The van der Waals surface area contributed by atoms with Crippen LogP contribution < -0.4 is 10.1 Å². The number of carbonyl (C=O) groups is 2. The van der Waals surface area contributed by atoms with Crippen molar-refractivity contribution in [3.8, 4) is 22.9 Å². The molecule has 216 valence electrons. The number of nitrogens with zero attached hydrogens (tertiary/aromatic N) is 2.